The molecule has 1 N–H and O–H groups in total. The van der Waals surface area contributed by atoms with Gasteiger partial charge in [0.15, 0.2) is 0 Å². The Bertz CT molecular complexity index is 704. The summed E-state index contributed by atoms with van der Waals surface area (Å²) in [5, 5.41) is 0. The monoisotopic (exact) mass is 295 g/mol. The maximum absolute atomic E-state index is 5.85. The van der Waals surface area contributed by atoms with Gasteiger partial charge < -0.3 is 9.72 Å². The van der Waals surface area contributed by atoms with Gasteiger partial charge in [-0.25, -0.2) is 4.98 Å². The number of aryl methyl sites for hydroxylation is 1. The Morgan fingerprint density at radius 2 is 2.27 bits per heavy atom. The largest absolute Gasteiger partial charge is 0.489 e. The van der Waals surface area contributed by atoms with Gasteiger partial charge in [-0.05, 0) is 37.6 Å². The highest BCUT2D eigenvalue weighted by Gasteiger charge is 2.26. The van der Waals surface area contributed by atoms with Crippen molar-refractivity contribution in [1.29, 1.82) is 0 Å². The Morgan fingerprint density at radius 1 is 1.36 bits per heavy atom. The van der Waals surface area contributed by atoms with Crippen molar-refractivity contribution >= 4 is 6.08 Å². The minimum atomic E-state index is 0.533. The molecule has 1 aromatic carbocycles. The lowest BCUT2D eigenvalue weighted by Crippen LogP contribution is -2.26. The van der Waals surface area contributed by atoms with Crippen molar-refractivity contribution < 1.29 is 4.74 Å². The lowest BCUT2D eigenvalue weighted by molar-refractivity contribution is 0.308. The number of para-hydroxylation sites is 1. The number of aromatic amines is 1. The summed E-state index contributed by atoms with van der Waals surface area (Å²) in [5.74, 6) is 2.67. The molecule has 1 aromatic heterocycles. The highest BCUT2D eigenvalue weighted by atomic mass is 16.5. The van der Waals surface area contributed by atoms with Crippen LogP contribution >= 0.6 is 0 Å². The number of ether oxygens (including phenoxy) is 1. The molecule has 114 valence electrons. The number of nitrogens with zero attached hydrogens (tertiary/aromatic N) is 2. The first-order chi connectivity index (χ1) is 10.8. The van der Waals surface area contributed by atoms with E-state index in [4.69, 9.17) is 4.74 Å². The second-order valence-electron chi connectivity index (χ2n) is 6.30. The molecule has 2 aliphatic heterocycles. The van der Waals surface area contributed by atoms with Gasteiger partial charge in [-0.15, -0.1) is 0 Å². The SMILES string of the molecule is Cc1cnc([C@H]2CCN(CC3=Cc4ccccc4OC3)C2)[nH]1. The van der Waals surface area contributed by atoms with Crippen LogP contribution < -0.4 is 4.74 Å². The molecule has 0 radical (unpaired) electrons. The Hall–Kier alpha value is -2.07. The molecule has 0 unspecified atom stereocenters. The molecule has 2 aromatic rings. The fourth-order valence-corrected chi connectivity index (χ4v) is 3.38. The van der Waals surface area contributed by atoms with Gasteiger partial charge in [-0.1, -0.05) is 18.2 Å². The smallest absolute Gasteiger partial charge is 0.127 e. The molecule has 1 saturated heterocycles. The molecule has 0 amide bonds. The zero-order chi connectivity index (χ0) is 14.9. The van der Waals surface area contributed by atoms with Crippen molar-refractivity contribution in [1.82, 2.24) is 14.9 Å². The summed E-state index contributed by atoms with van der Waals surface area (Å²) in [7, 11) is 0. The van der Waals surface area contributed by atoms with Crippen molar-refractivity contribution in [2.24, 2.45) is 0 Å². The Labute approximate surface area is 130 Å². The number of fused-ring (bicyclic) bond motifs is 1. The van der Waals surface area contributed by atoms with Gasteiger partial charge >= 0.3 is 0 Å². The minimum Gasteiger partial charge on any atom is -0.489 e. The van der Waals surface area contributed by atoms with E-state index in [1.54, 1.807) is 0 Å². The summed E-state index contributed by atoms with van der Waals surface area (Å²) in [6.45, 7) is 5.96. The van der Waals surface area contributed by atoms with Gasteiger partial charge in [0.25, 0.3) is 0 Å². The molecule has 0 spiro atoms. The van der Waals surface area contributed by atoms with Crippen LogP contribution in [0.3, 0.4) is 0 Å². The molecular formula is C18H21N3O. The van der Waals surface area contributed by atoms with E-state index in [0.717, 1.165) is 36.9 Å². The molecule has 4 heteroatoms. The Balaban J connectivity index is 1.42. The standard InChI is InChI=1S/C18H21N3O/c1-13-9-19-18(20-13)16-6-7-21(11-16)10-14-8-15-4-2-3-5-17(15)22-12-14/h2-5,8-9,16H,6-7,10-12H2,1H3,(H,19,20)/t16-/m0/s1. The average molecular weight is 295 g/mol. The quantitative estimate of drug-likeness (QED) is 0.946. The van der Waals surface area contributed by atoms with E-state index >= 15 is 0 Å². The van der Waals surface area contributed by atoms with Gasteiger partial charge in [0.05, 0.1) is 0 Å². The zero-order valence-electron chi connectivity index (χ0n) is 12.9. The lowest BCUT2D eigenvalue weighted by atomic mass is 10.1. The first kappa shape index (κ1) is 13.6. The van der Waals surface area contributed by atoms with Gasteiger partial charge in [-0.3, -0.25) is 4.90 Å². The van der Waals surface area contributed by atoms with Crippen LogP contribution in [0.5, 0.6) is 5.75 Å². The molecule has 22 heavy (non-hydrogen) atoms. The second kappa shape index (κ2) is 5.61. The molecule has 0 bridgehead atoms. The van der Waals surface area contributed by atoms with E-state index in [2.05, 4.69) is 40.0 Å². The first-order valence-corrected chi connectivity index (χ1v) is 7.93. The number of likely N-dealkylation sites (tertiary alicyclic amines) is 1. The predicted molar refractivity (Wildman–Crippen MR) is 87.0 cm³/mol. The molecule has 4 rings (SSSR count). The lowest BCUT2D eigenvalue weighted by Gasteiger charge is -2.22. The molecule has 1 atom stereocenters. The topological polar surface area (TPSA) is 41.2 Å². The first-order valence-electron chi connectivity index (χ1n) is 7.93. The van der Waals surface area contributed by atoms with E-state index in [-0.39, 0.29) is 0 Å². The van der Waals surface area contributed by atoms with Crippen LogP contribution in [0.15, 0.2) is 36.0 Å². The van der Waals surface area contributed by atoms with Crippen LogP contribution in [0.2, 0.25) is 0 Å². The normalized spacial score (nSPS) is 21.3. The van der Waals surface area contributed by atoms with E-state index in [1.807, 2.05) is 18.3 Å². The summed E-state index contributed by atoms with van der Waals surface area (Å²) in [5.41, 5.74) is 3.70. The van der Waals surface area contributed by atoms with Crippen LogP contribution in [0.25, 0.3) is 6.08 Å². The summed E-state index contributed by atoms with van der Waals surface area (Å²) in [6, 6.07) is 8.24. The molecule has 2 aliphatic rings. The summed E-state index contributed by atoms with van der Waals surface area (Å²) >= 11 is 0. The number of hydrogen-bond acceptors (Lipinski definition) is 3. The van der Waals surface area contributed by atoms with Crippen molar-refractivity contribution in [2.75, 3.05) is 26.2 Å². The number of imidazole rings is 1. The minimum absolute atomic E-state index is 0.533. The van der Waals surface area contributed by atoms with Gasteiger partial charge in [-0.2, -0.15) is 0 Å². The van der Waals surface area contributed by atoms with E-state index < -0.39 is 0 Å². The summed E-state index contributed by atoms with van der Waals surface area (Å²) in [6.07, 6.45) is 5.38. The summed E-state index contributed by atoms with van der Waals surface area (Å²) < 4.78 is 5.85. The molecular weight excluding hydrogens is 274 g/mol. The van der Waals surface area contributed by atoms with Crippen molar-refractivity contribution in [2.45, 2.75) is 19.3 Å². The number of H-pyrrole nitrogens is 1. The number of rotatable bonds is 3. The average Bonchev–Trinajstić information content (AvgIpc) is 3.16. The Kier molecular flexibility index (Phi) is 3.47. The predicted octanol–water partition coefficient (Wildman–Crippen LogP) is 2.98. The van der Waals surface area contributed by atoms with E-state index in [9.17, 15) is 0 Å². The van der Waals surface area contributed by atoms with Crippen LogP contribution in [0.4, 0.5) is 0 Å². The van der Waals surface area contributed by atoms with Gasteiger partial charge in [0.1, 0.15) is 18.2 Å². The maximum atomic E-state index is 5.85. The third-order valence-corrected chi connectivity index (χ3v) is 4.50. The second-order valence-corrected chi connectivity index (χ2v) is 6.30. The molecule has 0 saturated carbocycles. The number of hydrogen-bond donors (Lipinski definition) is 1. The number of aromatic nitrogens is 2. The molecule has 4 nitrogen and oxygen atoms in total. The fourth-order valence-electron chi connectivity index (χ4n) is 3.38. The van der Waals surface area contributed by atoms with Crippen LogP contribution in [0, 0.1) is 6.92 Å². The van der Waals surface area contributed by atoms with E-state index in [0.29, 0.717) is 12.5 Å². The molecule has 1 fully saturated rings. The van der Waals surface area contributed by atoms with Crippen molar-refractivity contribution in [3.8, 4) is 5.75 Å². The highest BCUT2D eigenvalue weighted by molar-refractivity contribution is 5.62. The Morgan fingerprint density at radius 3 is 3.14 bits per heavy atom. The number of benzene rings is 1. The van der Waals surface area contributed by atoms with Crippen LogP contribution in [0.1, 0.15) is 29.4 Å². The molecule has 3 heterocycles. The number of nitrogens with one attached hydrogen (secondary N) is 1. The highest BCUT2D eigenvalue weighted by Crippen LogP contribution is 2.29. The van der Waals surface area contributed by atoms with Crippen LogP contribution in [-0.4, -0.2) is 41.1 Å². The maximum Gasteiger partial charge on any atom is 0.127 e. The van der Waals surface area contributed by atoms with Gasteiger partial charge in [0.2, 0.25) is 0 Å². The van der Waals surface area contributed by atoms with Gasteiger partial charge in [0, 0.05) is 36.5 Å². The summed E-state index contributed by atoms with van der Waals surface area (Å²) in [4.78, 5) is 10.4. The fraction of sp³-hybridized carbons (Fsp3) is 0.389. The third kappa shape index (κ3) is 2.66. The molecule has 0 aliphatic carbocycles. The van der Waals surface area contributed by atoms with E-state index in [1.165, 1.54) is 17.6 Å². The van der Waals surface area contributed by atoms with Crippen molar-refractivity contribution in [3.63, 3.8) is 0 Å². The third-order valence-electron chi connectivity index (χ3n) is 4.50. The van der Waals surface area contributed by atoms with Crippen LogP contribution in [-0.2, 0) is 0 Å². The van der Waals surface area contributed by atoms with Crippen molar-refractivity contribution in [3.05, 3.63) is 53.1 Å². The zero-order valence-corrected chi connectivity index (χ0v) is 12.9.